The third kappa shape index (κ3) is 21.2. The Morgan fingerprint density at radius 2 is 1.11 bits per heavy atom. The van der Waals surface area contributed by atoms with Crippen molar-refractivity contribution in [2.24, 2.45) is 0 Å². The second-order valence-electron chi connectivity index (χ2n) is 12.6. The van der Waals surface area contributed by atoms with Gasteiger partial charge in [0.25, 0.3) is 0 Å². The number of alkyl halides is 3. The van der Waals surface area contributed by atoms with Gasteiger partial charge in [-0.3, -0.25) is 0 Å². The smallest absolute Gasteiger partial charge is 0.416 e. The van der Waals surface area contributed by atoms with Crippen molar-refractivity contribution >= 4 is 17.3 Å². The van der Waals surface area contributed by atoms with Crippen molar-refractivity contribution in [3.05, 3.63) is 89.5 Å². The summed E-state index contributed by atoms with van der Waals surface area (Å²) in [6.45, 7) is 7.67. The van der Waals surface area contributed by atoms with Crippen LogP contribution in [0.1, 0.15) is 66.9 Å². The van der Waals surface area contributed by atoms with Gasteiger partial charge in [-0.2, -0.15) is 13.2 Å². The van der Waals surface area contributed by atoms with E-state index in [4.69, 9.17) is 37.9 Å². The van der Waals surface area contributed by atoms with Crippen LogP contribution in [0, 0.1) is 0 Å². The Morgan fingerprint density at radius 1 is 0.582 bits per heavy atom. The Kier molecular flexibility index (Phi) is 23.8. The molecule has 3 aromatic carbocycles. The van der Waals surface area contributed by atoms with Gasteiger partial charge in [0.1, 0.15) is 19.0 Å². The Balaban J connectivity index is 1.05. The van der Waals surface area contributed by atoms with Gasteiger partial charge in [0.05, 0.1) is 96.1 Å². The number of ether oxygens (including phenoxy) is 8. The first-order valence-electron chi connectivity index (χ1n) is 19.3. The average molecular weight is 778 g/mol. The van der Waals surface area contributed by atoms with E-state index in [2.05, 4.69) is 24.4 Å². The number of esters is 1. The fourth-order valence-electron chi connectivity index (χ4n) is 5.25. The number of nitrogens with one attached hydrogen (secondary N) is 1. The van der Waals surface area contributed by atoms with Crippen LogP contribution < -0.4 is 10.1 Å². The summed E-state index contributed by atoms with van der Waals surface area (Å²) in [5, 5.41) is 2.86. The van der Waals surface area contributed by atoms with Gasteiger partial charge >= 0.3 is 12.1 Å². The van der Waals surface area contributed by atoms with Crippen molar-refractivity contribution in [2.45, 2.75) is 58.0 Å². The predicted molar refractivity (Wildman–Crippen MR) is 205 cm³/mol. The normalized spacial score (nSPS) is 11.5. The van der Waals surface area contributed by atoms with Crippen LogP contribution in [0.5, 0.6) is 5.75 Å². The van der Waals surface area contributed by atoms with Crippen LogP contribution >= 0.6 is 0 Å². The van der Waals surface area contributed by atoms with Gasteiger partial charge in [-0.1, -0.05) is 69.4 Å². The number of para-hydroxylation sites is 1. The number of hydrogen-bond acceptors (Lipinski definition) is 10. The van der Waals surface area contributed by atoms with Gasteiger partial charge in [0.15, 0.2) is 0 Å². The van der Waals surface area contributed by atoms with Gasteiger partial charge < -0.3 is 43.2 Å². The molecule has 0 saturated carbocycles. The molecule has 1 N–H and O–H groups in total. The Hall–Kier alpha value is -3.72. The average Bonchev–Trinajstić information content (AvgIpc) is 3.18. The van der Waals surface area contributed by atoms with E-state index in [1.54, 1.807) is 18.2 Å². The Bertz CT molecular complexity index is 1430. The molecule has 0 aliphatic heterocycles. The molecule has 0 atom stereocenters. The van der Waals surface area contributed by atoms with Gasteiger partial charge in [-0.25, -0.2) is 4.79 Å². The van der Waals surface area contributed by atoms with Crippen molar-refractivity contribution in [3.63, 3.8) is 0 Å². The van der Waals surface area contributed by atoms with Crippen molar-refractivity contribution in [2.75, 3.05) is 97.8 Å². The largest absolute Gasteiger partial charge is 0.491 e. The summed E-state index contributed by atoms with van der Waals surface area (Å²) < 4.78 is 83.2. The third-order valence-corrected chi connectivity index (χ3v) is 8.18. The quantitative estimate of drug-likeness (QED) is 0.0490. The highest BCUT2D eigenvalue weighted by atomic mass is 19.4. The molecule has 3 rings (SSSR count). The van der Waals surface area contributed by atoms with Gasteiger partial charge in [-0.05, 0) is 60.9 Å². The zero-order valence-electron chi connectivity index (χ0n) is 32.1. The minimum absolute atomic E-state index is 0.00332. The second-order valence-corrected chi connectivity index (χ2v) is 12.6. The standard InChI is InChI=1S/C42H58F3NO9/c1-2-3-4-5-6-7-11-35-16-18-38(19-17-35)54-32-30-52-28-26-50-24-22-48-20-21-49-23-25-51-27-29-53-31-33-55-41(47)39-14-8-9-15-40(39)46-37-13-10-12-36(34-37)42(43,44)45/h8-10,12-19,34,46H,2-7,11,20-33H2,1H3. The monoisotopic (exact) mass is 777 g/mol. The Labute approximate surface area is 323 Å². The molecule has 0 heterocycles. The van der Waals surface area contributed by atoms with Gasteiger partial charge in [-0.15, -0.1) is 0 Å². The molecule has 0 aliphatic rings. The molecule has 0 radical (unpaired) electrons. The number of carbonyl (C=O) groups excluding carboxylic acids is 1. The minimum atomic E-state index is -4.47. The number of anilines is 2. The van der Waals surface area contributed by atoms with E-state index in [1.807, 2.05) is 12.1 Å². The van der Waals surface area contributed by atoms with Crippen molar-refractivity contribution in [1.82, 2.24) is 0 Å². The third-order valence-electron chi connectivity index (χ3n) is 8.18. The minimum Gasteiger partial charge on any atom is -0.491 e. The second kappa shape index (κ2) is 28.7. The maximum absolute atomic E-state index is 13.1. The van der Waals surface area contributed by atoms with E-state index in [1.165, 1.54) is 62.3 Å². The molecule has 306 valence electrons. The first-order valence-corrected chi connectivity index (χ1v) is 19.3. The molecule has 55 heavy (non-hydrogen) atoms. The SMILES string of the molecule is CCCCCCCCc1ccc(OCCOCCOCCOCCOCCOCCOCCOC(=O)c2ccccc2Nc2cccc(C(F)(F)F)c2)cc1. The maximum Gasteiger partial charge on any atom is 0.416 e. The number of unbranched alkanes of at least 4 members (excludes halogenated alkanes) is 5. The fraction of sp³-hybridized carbons (Fsp3) is 0.548. The van der Waals surface area contributed by atoms with Crippen molar-refractivity contribution in [3.8, 4) is 5.75 Å². The lowest BCUT2D eigenvalue weighted by molar-refractivity contribution is -0.137. The number of benzene rings is 3. The summed E-state index contributed by atoms with van der Waals surface area (Å²) in [6, 6.07) is 19.5. The van der Waals surface area contributed by atoms with Crippen LogP contribution in [0.2, 0.25) is 0 Å². The summed E-state index contributed by atoms with van der Waals surface area (Å²) in [7, 11) is 0. The number of rotatable bonds is 32. The zero-order valence-corrected chi connectivity index (χ0v) is 32.1. The molecule has 13 heteroatoms. The zero-order chi connectivity index (χ0) is 39.2. The summed E-state index contributed by atoms with van der Waals surface area (Å²) in [5.41, 5.74) is 1.28. The van der Waals surface area contributed by atoms with Crippen molar-refractivity contribution < 1.29 is 55.9 Å². The van der Waals surface area contributed by atoms with Gasteiger partial charge in [0.2, 0.25) is 0 Å². The summed E-state index contributed by atoms with van der Waals surface area (Å²) >= 11 is 0. The lowest BCUT2D eigenvalue weighted by atomic mass is 10.0. The van der Waals surface area contributed by atoms with Crippen LogP contribution in [-0.2, 0) is 45.8 Å². The molecule has 10 nitrogen and oxygen atoms in total. The topological polar surface area (TPSA) is 103 Å². The van der Waals surface area contributed by atoms with E-state index in [9.17, 15) is 18.0 Å². The number of carbonyl (C=O) groups is 1. The Morgan fingerprint density at radius 3 is 1.69 bits per heavy atom. The molecule has 0 bridgehead atoms. The first-order chi connectivity index (χ1) is 26.9. The van der Waals surface area contributed by atoms with Crippen molar-refractivity contribution in [1.29, 1.82) is 0 Å². The molecule has 0 amide bonds. The first kappa shape index (κ1) is 45.7. The van der Waals surface area contributed by atoms with E-state index in [0.717, 1.165) is 24.3 Å². The lowest BCUT2D eigenvalue weighted by Gasteiger charge is -2.13. The lowest BCUT2D eigenvalue weighted by Crippen LogP contribution is -2.15. The number of aryl methyl sites for hydroxylation is 1. The molecule has 0 spiro atoms. The van der Waals surface area contributed by atoms with E-state index in [-0.39, 0.29) is 24.5 Å². The number of halogens is 3. The molecular weight excluding hydrogens is 719 g/mol. The maximum atomic E-state index is 13.1. The van der Waals surface area contributed by atoms with Crippen LogP contribution in [0.25, 0.3) is 0 Å². The fourth-order valence-corrected chi connectivity index (χ4v) is 5.25. The van der Waals surface area contributed by atoms with Crippen LogP contribution in [-0.4, -0.2) is 98.5 Å². The molecule has 0 aliphatic carbocycles. The number of hydrogen-bond donors (Lipinski definition) is 1. The van der Waals surface area contributed by atoms with Gasteiger partial charge in [0, 0.05) is 5.69 Å². The predicted octanol–water partition coefficient (Wildman–Crippen LogP) is 8.69. The van der Waals surface area contributed by atoms with Crippen LogP contribution in [0.4, 0.5) is 24.5 Å². The van der Waals surface area contributed by atoms with E-state index in [0.29, 0.717) is 85.0 Å². The van der Waals surface area contributed by atoms with E-state index >= 15 is 0 Å². The molecule has 0 unspecified atom stereocenters. The molecular formula is C42H58F3NO9. The molecule has 3 aromatic rings. The highest BCUT2D eigenvalue weighted by molar-refractivity contribution is 5.96. The highest BCUT2D eigenvalue weighted by Gasteiger charge is 2.30. The summed E-state index contributed by atoms with van der Waals surface area (Å²) in [5.74, 6) is 0.238. The highest BCUT2D eigenvalue weighted by Crippen LogP contribution is 2.32. The van der Waals surface area contributed by atoms with E-state index < -0.39 is 17.7 Å². The molecule has 0 saturated heterocycles. The van der Waals surface area contributed by atoms with Crippen LogP contribution in [0.15, 0.2) is 72.8 Å². The summed E-state index contributed by atoms with van der Waals surface area (Å²) in [6.07, 6.45) is 4.50. The summed E-state index contributed by atoms with van der Waals surface area (Å²) in [4.78, 5) is 12.6. The molecule has 0 fully saturated rings. The van der Waals surface area contributed by atoms with Crippen LogP contribution in [0.3, 0.4) is 0 Å². The molecule has 0 aromatic heterocycles.